The van der Waals surface area contributed by atoms with Crippen LogP contribution in [0.2, 0.25) is 0 Å². The largest absolute Gasteiger partial charge is 0.366 e. The van der Waals surface area contributed by atoms with E-state index >= 15 is 0 Å². The van der Waals surface area contributed by atoms with Crippen molar-refractivity contribution in [2.24, 2.45) is 11.8 Å². The van der Waals surface area contributed by atoms with Gasteiger partial charge in [-0.05, 0) is 6.07 Å². The number of amides is 1. The first kappa shape index (κ1) is 12.0. The minimum absolute atomic E-state index is 0.182. The van der Waals surface area contributed by atoms with Crippen LogP contribution in [0.3, 0.4) is 0 Å². The van der Waals surface area contributed by atoms with E-state index in [0.29, 0.717) is 11.8 Å². The summed E-state index contributed by atoms with van der Waals surface area (Å²) in [4.78, 5) is 14.9. The van der Waals surface area contributed by atoms with Gasteiger partial charge in [0.25, 0.3) is 5.91 Å². The van der Waals surface area contributed by atoms with Gasteiger partial charge in [-0.15, -0.1) is 11.3 Å². The molecular weight excluding hydrogens is 282 g/mol. The Morgan fingerprint density at radius 3 is 2.62 bits per heavy atom. The van der Waals surface area contributed by atoms with Crippen LogP contribution in [0.5, 0.6) is 0 Å². The average Bonchev–Trinajstić information content (AvgIpc) is 3.25. The highest BCUT2D eigenvalue weighted by Gasteiger charge is 2.51. The molecule has 4 atom stereocenters. The number of nitrogens with zero attached hydrogens (tertiary/aromatic N) is 1. The van der Waals surface area contributed by atoms with Crippen molar-refractivity contribution in [1.82, 2.24) is 4.90 Å². The van der Waals surface area contributed by atoms with Crippen LogP contribution < -0.4 is 0 Å². The van der Waals surface area contributed by atoms with E-state index in [9.17, 15) is 4.79 Å². The number of ether oxygens (including phenoxy) is 1. The maximum atomic E-state index is 12.9. The summed E-state index contributed by atoms with van der Waals surface area (Å²) in [5, 5.41) is 3.09. The van der Waals surface area contributed by atoms with Crippen LogP contribution in [0, 0.1) is 11.8 Å². The summed E-state index contributed by atoms with van der Waals surface area (Å²) in [5.74, 6) is 1.17. The molecular formula is C17H15NO2S. The second-order valence-electron chi connectivity index (χ2n) is 6.13. The summed E-state index contributed by atoms with van der Waals surface area (Å²) < 4.78 is 7.07. The molecule has 2 aromatic rings. The molecule has 0 radical (unpaired) electrons. The van der Waals surface area contributed by atoms with Gasteiger partial charge in [-0.25, -0.2) is 0 Å². The molecule has 2 bridgehead atoms. The minimum atomic E-state index is 0.182. The first-order valence-electron chi connectivity index (χ1n) is 7.40. The van der Waals surface area contributed by atoms with Crippen LogP contribution >= 0.6 is 11.3 Å². The van der Waals surface area contributed by atoms with Crippen molar-refractivity contribution in [1.29, 1.82) is 0 Å². The molecule has 2 saturated heterocycles. The van der Waals surface area contributed by atoms with E-state index in [4.69, 9.17) is 4.74 Å². The Balaban J connectivity index is 1.46. The average molecular weight is 297 g/mol. The van der Waals surface area contributed by atoms with E-state index in [1.165, 1.54) is 4.70 Å². The Kier molecular flexibility index (Phi) is 2.38. The van der Waals surface area contributed by atoms with Gasteiger partial charge in [0.2, 0.25) is 0 Å². The van der Waals surface area contributed by atoms with Crippen molar-refractivity contribution in [3.05, 3.63) is 47.4 Å². The van der Waals surface area contributed by atoms with Gasteiger partial charge in [0.05, 0.1) is 17.8 Å². The monoisotopic (exact) mass is 297 g/mol. The van der Waals surface area contributed by atoms with Crippen LogP contribution in [0.4, 0.5) is 0 Å². The number of hydrogen-bond donors (Lipinski definition) is 0. The van der Waals surface area contributed by atoms with Crippen molar-refractivity contribution in [2.45, 2.75) is 12.2 Å². The van der Waals surface area contributed by atoms with Crippen molar-refractivity contribution in [2.75, 3.05) is 13.1 Å². The second-order valence-corrected chi connectivity index (χ2v) is 7.04. The van der Waals surface area contributed by atoms with E-state index in [0.717, 1.165) is 24.0 Å². The lowest BCUT2D eigenvalue weighted by Gasteiger charge is -2.18. The van der Waals surface area contributed by atoms with Gasteiger partial charge in [0.1, 0.15) is 0 Å². The maximum absolute atomic E-state index is 12.9. The van der Waals surface area contributed by atoms with Crippen molar-refractivity contribution >= 4 is 27.3 Å². The molecule has 3 aliphatic rings. The third kappa shape index (κ3) is 1.60. The van der Waals surface area contributed by atoms with Gasteiger partial charge >= 0.3 is 0 Å². The summed E-state index contributed by atoms with van der Waals surface area (Å²) in [7, 11) is 0. The molecule has 0 saturated carbocycles. The van der Waals surface area contributed by atoms with E-state index in [2.05, 4.69) is 18.2 Å². The molecule has 3 nitrogen and oxygen atoms in total. The number of carbonyl (C=O) groups excluding carboxylic acids is 1. The van der Waals surface area contributed by atoms with E-state index in [1.54, 1.807) is 11.3 Å². The summed E-state index contributed by atoms with van der Waals surface area (Å²) in [6.07, 6.45) is 4.80. The summed E-state index contributed by atoms with van der Waals surface area (Å²) in [6, 6.07) is 8.15. The summed E-state index contributed by atoms with van der Waals surface area (Å²) in [5.41, 5.74) is 0.858. The van der Waals surface area contributed by atoms with Gasteiger partial charge in [-0.2, -0.15) is 0 Å². The number of fused-ring (bicyclic) bond motifs is 6. The molecule has 0 unspecified atom stereocenters. The Hall–Kier alpha value is -1.65. The van der Waals surface area contributed by atoms with E-state index in [-0.39, 0.29) is 18.1 Å². The molecule has 21 heavy (non-hydrogen) atoms. The zero-order chi connectivity index (χ0) is 14.0. The van der Waals surface area contributed by atoms with Crippen LogP contribution in [-0.4, -0.2) is 36.1 Å². The maximum Gasteiger partial charge on any atom is 0.255 e. The van der Waals surface area contributed by atoms with Crippen LogP contribution in [0.25, 0.3) is 10.1 Å². The quantitative estimate of drug-likeness (QED) is 0.757. The van der Waals surface area contributed by atoms with Gasteiger partial charge < -0.3 is 9.64 Å². The first-order chi connectivity index (χ1) is 10.3. The first-order valence-corrected chi connectivity index (χ1v) is 8.28. The predicted molar refractivity (Wildman–Crippen MR) is 82.5 cm³/mol. The molecule has 3 aliphatic heterocycles. The van der Waals surface area contributed by atoms with Gasteiger partial charge in [0, 0.05) is 40.4 Å². The molecule has 1 aromatic heterocycles. The van der Waals surface area contributed by atoms with Crippen molar-refractivity contribution in [3.8, 4) is 0 Å². The summed E-state index contributed by atoms with van der Waals surface area (Å²) in [6.45, 7) is 1.67. The Morgan fingerprint density at radius 1 is 1.14 bits per heavy atom. The fraction of sp³-hybridized carbons (Fsp3) is 0.353. The fourth-order valence-corrected chi connectivity index (χ4v) is 4.94. The van der Waals surface area contributed by atoms with Gasteiger partial charge in [-0.3, -0.25) is 4.79 Å². The van der Waals surface area contributed by atoms with E-state index in [1.807, 2.05) is 28.5 Å². The smallest absolute Gasteiger partial charge is 0.255 e. The summed E-state index contributed by atoms with van der Waals surface area (Å²) >= 11 is 1.65. The lowest BCUT2D eigenvalue weighted by atomic mass is 9.86. The molecule has 4 heterocycles. The molecule has 106 valence electrons. The van der Waals surface area contributed by atoms with Crippen molar-refractivity contribution < 1.29 is 9.53 Å². The zero-order valence-electron chi connectivity index (χ0n) is 11.4. The Morgan fingerprint density at radius 2 is 1.86 bits per heavy atom. The normalized spacial score (nSPS) is 33.0. The molecule has 2 fully saturated rings. The molecule has 5 rings (SSSR count). The molecule has 0 N–H and O–H groups in total. The predicted octanol–water partition coefficient (Wildman–Crippen LogP) is 2.93. The number of thiophene rings is 1. The molecule has 1 amide bonds. The number of hydrogen-bond acceptors (Lipinski definition) is 3. The standard InChI is InChI=1S/C17H15NO2S/c19-17(13-9-21-16-4-2-1-3-10(13)16)18-7-11-12(8-18)15-6-5-14(11)20-15/h1-6,9,11-12,14-15H,7-8H2/t11-,12+,14-,15-/m1/s1. The zero-order valence-corrected chi connectivity index (χ0v) is 12.3. The highest BCUT2D eigenvalue weighted by molar-refractivity contribution is 7.17. The fourth-order valence-electron chi connectivity index (χ4n) is 4.01. The molecule has 0 aliphatic carbocycles. The Bertz CT molecular complexity index is 745. The van der Waals surface area contributed by atoms with Gasteiger partial charge in [0.15, 0.2) is 0 Å². The topological polar surface area (TPSA) is 29.5 Å². The van der Waals surface area contributed by atoms with Crippen LogP contribution in [-0.2, 0) is 4.74 Å². The minimum Gasteiger partial charge on any atom is -0.366 e. The second kappa shape index (κ2) is 4.18. The number of carbonyl (C=O) groups is 1. The lowest BCUT2D eigenvalue weighted by Crippen LogP contribution is -2.31. The third-order valence-electron chi connectivity index (χ3n) is 5.06. The SMILES string of the molecule is O=C(c1csc2ccccc12)N1C[C@@H]2[C@H](C1)[C@H]1C=C[C@H]2O1. The third-order valence-corrected chi connectivity index (χ3v) is 6.02. The Labute approximate surface area is 126 Å². The highest BCUT2D eigenvalue weighted by Crippen LogP contribution is 2.44. The molecule has 1 aromatic carbocycles. The number of rotatable bonds is 1. The lowest BCUT2D eigenvalue weighted by molar-refractivity contribution is 0.0657. The van der Waals surface area contributed by atoms with Crippen LogP contribution in [0.15, 0.2) is 41.8 Å². The molecule has 0 spiro atoms. The van der Waals surface area contributed by atoms with Crippen LogP contribution in [0.1, 0.15) is 10.4 Å². The number of likely N-dealkylation sites (tertiary alicyclic amines) is 1. The number of benzene rings is 1. The van der Waals surface area contributed by atoms with Crippen molar-refractivity contribution in [3.63, 3.8) is 0 Å². The highest BCUT2D eigenvalue weighted by atomic mass is 32.1. The molecule has 4 heteroatoms. The van der Waals surface area contributed by atoms with Gasteiger partial charge in [-0.1, -0.05) is 30.4 Å². The van der Waals surface area contributed by atoms with E-state index < -0.39 is 0 Å².